The van der Waals surface area contributed by atoms with Crippen LogP contribution in [0.2, 0.25) is 0 Å². The van der Waals surface area contributed by atoms with E-state index in [1.165, 1.54) is 0 Å². The third kappa shape index (κ3) is 4.20. The highest BCUT2D eigenvalue weighted by Gasteiger charge is 2.19. The van der Waals surface area contributed by atoms with Crippen LogP contribution in [0.3, 0.4) is 0 Å². The summed E-state index contributed by atoms with van der Waals surface area (Å²) in [6.07, 6.45) is 0. The number of fused-ring (bicyclic) bond motifs is 9. The minimum absolute atomic E-state index is 0.570. The average Bonchev–Trinajstić information content (AvgIpc) is 3.78. The summed E-state index contributed by atoms with van der Waals surface area (Å²) in [6.45, 7) is 0. The minimum atomic E-state index is 0.570. The second kappa shape index (κ2) is 10.4. The van der Waals surface area contributed by atoms with E-state index in [0.29, 0.717) is 40.0 Å². The number of hydrogen-bond donors (Lipinski definition) is 0. The molecule has 7 aromatic carbocycles. The molecule has 0 atom stereocenters. The van der Waals surface area contributed by atoms with Gasteiger partial charge in [-0.25, -0.2) is 19.9 Å². The average molecular weight is 617 g/mol. The molecular weight excluding hydrogens is 592 g/mol. The molecule has 10 rings (SSSR count). The van der Waals surface area contributed by atoms with Crippen LogP contribution in [0.4, 0.5) is 0 Å². The normalized spacial score (nSPS) is 11.8. The number of oxazole rings is 1. The van der Waals surface area contributed by atoms with Crippen LogP contribution in [0, 0.1) is 0 Å². The van der Waals surface area contributed by atoms with Gasteiger partial charge < -0.3 is 8.83 Å². The molecule has 0 aliphatic heterocycles. The molecule has 0 aliphatic carbocycles. The Morgan fingerprint density at radius 2 is 0.938 bits per heavy atom. The fraction of sp³-hybridized carbons (Fsp3) is 0. The van der Waals surface area contributed by atoms with Crippen LogP contribution < -0.4 is 0 Å². The Morgan fingerprint density at radius 3 is 1.62 bits per heavy atom. The molecule has 0 unspecified atom stereocenters. The van der Waals surface area contributed by atoms with E-state index in [4.69, 9.17) is 28.8 Å². The molecule has 0 fully saturated rings. The topological polar surface area (TPSA) is 77.8 Å². The van der Waals surface area contributed by atoms with Crippen molar-refractivity contribution in [1.29, 1.82) is 0 Å². The number of rotatable bonds is 4. The van der Waals surface area contributed by atoms with E-state index in [1.54, 1.807) is 0 Å². The third-order valence-electron chi connectivity index (χ3n) is 8.94. The van der Waals surface area contributed by atoms with E-state index in [2.05, 4.69) is 42.5 Å². The molecule has 48 heavy (non-hydrogen) atoms. The maximum absolute atomic E-state index is 6.56. The summed E-state index contributed by atoms with van der Waals surface area (Å²) in [5.74, 6) is 2.45. The van der Waals surface area contributed by atoms with Gasteiger partial charge >= 0.3 is 0 Å². The SMILES string of the molecule is c1ccc(-c2nc(-c3ccccc3)nc(-c3ccc4ccc5ccc6oc7c(ccc8oc(-c9ccccc9)nc87)c6c5c4c3)n2)cc1. The fourth-order valence-corrected chi connectivity index (χ4v) is 6.64. The molecule has 0 bridgehead atoms. The first-order chi connectivity index (χ1) is 23.8. The molecule has 0 amide bonds. The molecule has 6 heteroatoms. The Balaban J connectivity index is 1.21. The van der Waals surface area contributed by atoms with Crippen molar-refractivity contribution in [2.75, 3.05) is 0 Å². The van der Waals surface area contributed by atoms with Gasteiger partial charge in [-0.3, -0.25) is 0 Å². The van der Waals surface area contributed by atoms with Crippen LogP contribution in [0.25, 0.3) is 100 Å². The number of benzene rings is 7. The second-order valence-electron chi connectivity index (χ2n) is 11.9. The van der Waals surface area contributed by atoms with Crippen LogP contribution in [-0.2, 0) is 0 Å². The van der Waals surface area contributed by atoms with Crippen LogP contribution >= 0.6 is 0 Å². The van der Waals surface area contributed by atoms with E-state index in [1.807, 2.05) is 103 Å². The number of furan rings is 1. The van der Waals surface area contributed by atoms with Gasteiger partial charge in [-0.1, -0.05) is 109 Å². The summed E-state index contributed by atoms with van der Waals surface area (Å²) < 4.78 is 12.7. The van der Waals surface area contributed by atoms with Gasteiger partial charge in [0.25, 0.3) is 0 Å². The van der Waals surface area contributed by atoms with Crippen molar-refractivity contribution in [1.82, 2.24) is 19.9 Å². The standard InChI is InChI=1S/C42H24N4O2/c1-4-10-27(11-5-1)39-44-40(28-12-6-2-7-13-28)46-41(45-39)30-19-17-25-16-18-26-20-22-33-36(35(26)32(25)24-30)31-21-23-34-37(38(31)47-33)43-42(48-34)29-14-8-3-9-15-29/h1-24H. The zero-order valence-corrected chi connectivity index (χ0v) is 25.5. The first kappa shape index (κ1) is 26.5. The smallest absolute Gasteiger partial charge is 0.227 e. The maximum atomic E-state index is 6.56. The molecule has 0 spiro atoms. The molecule has 6 nitrogen and oxygen atoms in total. The highest BCUT2D eigenvalue weighted by Crippen LogP contribution is 2.42. The predicted molar refractivity (Wildman–Crippen MR) is 191 cm³/mol. The van der Waals surface area contributed by atoms with E-state index in [9.17, 15) is 0 Å². The largest absolute Gasteiger partial charge is 0.454 e. The fourth-order valence-electron chi connectivity index (χ4n) is 6.64. The number of aromatic nitrogens is 4. The Hall–Kier alpha value is -6.66. The first-order valence-corrected chi connectivity index (χ1v) is 15.8. The van der Waals surface area contributed by atoms with Crippen molar-refractivity contribution in [2.45, 2.75) is 0 Å². The lowest BCUT2D eigenvalue weighted by Gasteiger charge is -2.10. The van der Waals surface area contributed by atoms with Crippen molar-refractivity contribution >= 4 is 54.6 Å². The quantitative estimate of drug-likeness (QED) is 0.183. The predicted octanol–water partition coefficient (Wildman–Crippen LogP) is 10.9. The highest BCUT2D eigenvalue weighted by atomic mass is 16.4. The van der Waals surface area contributed by atoms with Crippen molar-refractivity contribution in [3.63, 3.8) is 0 Å². The molecule has 3 heterocycles. The summed E-state index contributed by atoms with van der Waals surface area (Å²) in [4.78, 5) is 19.7. The Bertz CT molecular complexity index is 2770. The maximum Gasteiger partial charge on any atom is 0.227 e. The van der Waals surface area contributed by atoms with E-state index in [0.717, 1.165) is 60.2 Å². The van der Waals surface area contributed by atoms with E-state index >= 15 is 0 Å². The monoisotopic (exact) mass is 616 g/mol. The van der Waals surface area contributed by atoms with Gasteiger partial charge in [0.15, 0.2) is 34.2 Å². The van der Waals surface area contributed by atoms with E-state index < -0.39 is 0 Å². The summed E-state index contributed by atoms with van der Waals surface area (Å²) >= 11 is 0. The van der Waals surface area contributed by atoms with Crippen molar-refractivity contribution in [3.8, 4) is 45.6 Å². The summed E-state index contributed by atoms with van der Waals surface area (Å²) in [7, 11) is 0. The molecule has 10 aromatic rings. The molecule has 0 saturated heterocycles. The summed E-state index contributed by atoms with van der Waals surface area (Å²) in [5, 5.41) is 6.46. The number of hydrogen-bond acceptors (Lipinski definition) is 6. The zero-order chi connectivity index (χ0) is 31.6. The molecule has 3 aromatic heterocycles. The van der Waals surface area contributed by atoms with Crippen LogP contribution in [0.5, 0.6) is 0 Å². The molecule has 0 aliphatic rings. The van der Waals surface area contributed by atoms with Gasteiger partial charge in [-0.2, -0.15) is 0 Å². The Morgan fingerprint density at radius 1 is 0.375 bits per heavy atom. The van der Waals surface area contributed by atoms with Gasteiger partial charge in [-0.15, -0.1) is 0 Å². The highest BCUT2D eigenvalue weighted by molar-refractivity contribution is 6.28. The number of nitrogens with zero attached hydrogens (tertiary/aromatic N) is 4. The lowest BCUT2D eigenvalue weighted by atomic mass is 9.96. The summed E-state index contributed by atoms with van der Waals surface area (Å²) in [5.41, 5.74) is 6.61. The van der Waals surface area contributed by atoms with Crippen molar-refractivity contribution in [3.05, 3.63) is 146 Å². The second-order valence-corrected chi connectivity index (χ2v) is 11.9. The Labute approximate surface area is 274 Å². The van der Waals surface area contributed by atoms with Crippen LogP contribution in [0.1, 0.15) is 0 Å². The first-order valence-electron chi connectivity index (χ1n) is 15.8. The van der Waals surface area contributed by atoms with Gasteiger partial charge in [0.05, 0.1) is 0 Å². The molecule has 0 N–H and O–H groups in total. The van der Waals surface area contributed by atoms with Crippen LogP contribution in [-0.4, -0.2) is 19.9 Å². The van der Waals surface area contributed by atoms with Crippen molar-refractivity contribution < 1.29 is 8.83 Å². The van der Waals surface area contributed by atoms with Gasteiger partial charge in [0, 0.05) is 38.4 Å². The molecule has 0 radical (unpaired) electrons. The zero-order valence-electron chi connectivity index (χ0n) is 25.5. The molecule has 224 valence electrons. The summed E-state index contributed by atoms with van der Waals surface area (Å²) in [6, 6.07) is 49.0. The van der Waals surface area contributed by atoms with Gasteiger partial charge in [0.1, 0.15) is 5.58 Å². The lowest BCUT2D eigenvalue weighted by molar-refractivity contribution is 0.620. The molecular formula is C42H24N4O2. The minimum Gasteiger partial charge on any atom is -0.454 e. The molecule has 0 saturated carbocycles. The van der Waals surface area contributed by atoms with Gasteiger partial charge in [-0.05, 0) is 52.6 Å². The van der Waals surface area contributed by atoms with E-state index in [-0.39, 0.29) is 0 Å². The van der Waals surface area contributed by atoms with Crippen LogP contribution in [0.15, 0.2) is 154 Å². The van der Waals surface area contributed by atoms with Gasteiger partial charge in [0.2, 0.25) is 5.89 Å². The lowest BCUT2D eigenvalue weighted by Crippen LogP contribution is -2.00. The van der Waals surface area contributed by atoms with Crippen molar-refractivity contribution in [2.24, 2.45) is 0 Å². The third-order valence-corrected chi connectivity index (χ3v) is 8.94. The Kier molecular flexibility index (Phi) is 5.77.